The van der Waals surface area contributed by atoms with Crippen molar-refractivity contribution in [3.8, 4) is 11.8 Å². The zero-order valence-corrected chi connectivity index (χ0v) is 9.76. The molecule has 1 aromatic carbocycles. The molecule has 0 aliphatic rings. The molecule has 0 N–H and O–H groups in total. The first-order valence-electron chi connectivity index (χ1n) is 3.78. The van der Waals surface area contributed by atoms with E-state index in [0.717, 1.165) is 4.47 Å². The Morgan fingerprint density at radius 2 is 2.36 bits per heavy atom. The van der Waals surface area contributed by atoms with E-state index < -0.39 is 0 Å². The van der Waals surface area contributed by atoms with Crippen molar-refractivity contribution in [2.24, 2.45) is 0 Å². The molecule has 0 radical (unpaired) electrons. The van der Waals surface area contributed by atoms with Crippen LogP contribution in [0.5, 0.6) is 5.75 Å². The Morgan fingerprint density at radius 3 is 2.93 bits per heavy atom. The van der Waals surface area contributed by atoms with Gasteiger partial charge < -0.3 is 4.74 Å². The van der Waals surface area contributed by atoms with Gasteiger partial charge in [-0.25, -0.2) is 0 Å². The molecule has 1 rings (SSSR count). The summed E-state index contributed by atoms with van der Waals surface area (Å²) in [5.41, 5.74) is 0.707. The molecule has 14 heavy (non-hydrogen) atoms. The Bertz CT molecular complexity index is 409. The van der Waals surface area contributed by atoms with Crippen LogP contribution in [-0.4, -0.2) is 7.11 Å². The molecule has 0 heterocycles. The van der Waals surface area contributed by atoms with Gasteiger partial charge in [0.1, 0.15) is 5.75 Å². The second-order valence-electron chi connectivity index (χ2n) is 2.47. The summed E-state index contributed by atoms with van der Waals surface area (Å²) in [7, 11) is 1.56. The lowest BCUT2D eigenvalue weighted by Crippen LogP contribution is -1.88. The van der Waals surface area contributed by atoms with Crippen LogP contribution in [0, 0.1) is 11.3 Å². The number of methoxy groups -OCH3 is 1. The number of nitrogens with zero attached hydrogens (tertiary/aromatic N) is 1. The van der Waals surface area contributed by atoms with Gasteiger partial charge in [-0.15, -0.1) is 0 Å². The first-order chi connectivity index (χ1) is 6.69. The summed E-state index contributed by atoms with van der Waals surface area (Å²) < 4.78 is 6.03. The molecule has 1 aromatic rings. The second-order valence-corrected chi connectivity index (χ2v) is 3.79. The maximum Gasteiger partial charge on any atom is 0.128 e. The molecule has 0 unspecified atom stereocenters. The summed E-state index contributed by atoms with van der Waals surface area (Å²) in [4.78, 5) is 0. The van der Waals surface area contributed by atoms with E-state index in [9.17, 15) is 0 Å². The second kappa shape index (κ2) is 5.04. The normalized spacial score (nSPS) is 10.9. The minimum absolute atomic E-state index is 0.372. The molecule has 0 fully saturated rings. The molecule has 0 saturated carbocycles. The summed E-state index contributed by atoms with van der Waals surface area (Å²) in [6, 6.07) is 7.29. The van der Waals surface area contributed by atoms with Crippen LogP contribution in [-0.2, 0) is 0 Å². The van der Waals surface area contributed by atoms with Gasteiger partial charge in [-0.05, 0) is 18.2 Å². The van der Waals surface area contributed by atoms with Crippen LogP contribution >= 0.6 is 27.5 Å². The topological polar surface area (TPSA) is 33.0 Å². The summed E-state index contributed by atoms with van der Waals surface area (Å²) in [6.07, 6.45) is 1.27. The SMILES string of the molecule is COc1cc(Br)ccc1/C(Cl)=C/C#N. The van der Waals surface area contributed by atoms with Crippen LogP contribution in [0.15, 0.2) is 28.7 Å². The van der Waals surface area contributed by atoms with Crippen LogP contribution in [0.2, 0.25) is 0 Å². The van der Waals surface area contributed by atoms with Crippen molar-refractivity contribution in [2.45, 2.75) is 0 Å². The summed E-state index contributed by atoms with van der Waals surface area (Å²) in [5.74, 6) is 0.635. The number of allylic oxidation sites excluding steroid dienone is 1. The van der Waals surface area contributed by atoms with E-state index in [1.165, 1.54) is 6.08 Å². The summed E-state index contributed by atoms with van der Waals surface area (Å²) in [5, 5.41) is 8.83. The molecule has 2 nitrogen and oxygen atoms in total. The molecule has 0 amide bonds. The Morgan fingerprint density at radius 1 is 1.64 bits per heavy atom. The average molecular weight is 273 g/mol. The highest BCUT2D eigenvalue weighted by molar-refractivity contribution is 9.10. The van der Waals surface area contributed by atoms with Gasteiger partial charge in [0.25, 0.3) is 0 Å². The van der Waals surface area contributed by atoms with Gasteiger partial charge in [0.05, 0.1) is 18.2 Å². The summed E-state index contributed by atoms with van der Waals surface area (Å²) >= 11 is 9.20. The van der Waals surface area contributed by atoms with E-state index in [1.807, 2.05) is 12.1 Å². The molecule has 0 atom stereocenters. The zero-order valence-electron chi connectivity index (χ0n) is 7.42. The third kappa shape index (κ3) is 2.50. The van der Waals surface area contributed by atoms with Gasteiger partial charge in [-0.3, -0.25) is 0 Å². The standard InChI is InChI=1S/C10H7BrClNO/c1-14-10-6-7(11)2-3-8(10)9(12)4-5-13/h2-4,6H,1H3/b9-4-. The third-order valence-corrected chi connectivity index (χ3v) is 2.42. The van der Waals surface area contributed by atoms with E-state index >= 15 is 0 Å². The van der Waals surface area contributed by atoms with Crippen molar-refractivity contribution in [2.75, 3.05) is 7.11 Å². The molecule has 0 saturated heterocycles. The number of hydrogen-bond acceptors (Lipinski definition) is 2. The minimum Gasteiger partial charge on any atom is -0.496 e. The maximum absolute atomic E-state index is 8.46. The number of rotatable bonds is 2. The molecule has 0 bridgehead atoms. The Labute approximate surface area is 95.9 Å². The molecule has 0 aromatic heterocycles. The highest BCUT2D eigenvalue weighted by Gasteiger charge is 2.06. The van der Waals surface area contributed by atoms with Crippen molar-refractivity contribution in [1.82, 2.24) is 0 Å². The van der Waals surface area contributed by atoms with E-state index in [2.05, 4.69) is 15.9 Å². The van der Waals surface area contributed by atoms with Gasteiger partial charge in [-0.1, -0.05) is 27.5 Å². The van der Waals surface area contributed by atoms with Crippen molar-refractivity contribution in [1.29, 1.82) is 5.26 Å². The molecule has 0 aliphatic carbocycles. The van der Waals surface area contributed by atoms with Crippen LogP contribution in [0.25, 0.3) is 5.03 Å². The first-order valence-corrected chi connectivity index (χ1v) is 4.95. The van der Waals surface area contributed by atoms with Gasteiger partial charge in [-0.2, -0.15) is 5.26 Å². The molecule has 0 spiro atoms. The fourth-order valence-corrected chi connectivity index (χ4v) is 1.54. The molecule has 4 heteroatoms. The number of hydrogen-bond donors (Lipinski definition) is 0. The first kappa shape index (κ1) is 11.1. The summed E-state index contributed by atoms with van der Waals surface area (Å²) in [6.45, 7) is 0. The van der Waals surface area contributed by atoms with Crippen LogP contribution < -0.4 is 4.74 Å². The highest BCUT2D eigenvalue weighted by atomic mass is 79.9. The van der Waals surface area contributed by atoms with Gasteiger partial charge >= 0.3 is 0 Å². The average Bonchev–Trinajstić information content (AvgIpc) is 2.17. The fourth-order valence-electron chi connectivity index (χ4n) is 0.997. The molecule has 0 aliphatic heterocycles. The van der Waals surface area contributed by atoms with Crippen molar-refractivity contribution >= 4 is 32.6 Å². The molecule has 72 valence electrons. The lowest BCUT2D eigenvalue weighted by molar-refractivity contribution is 0.413. The Balaban J connectivity index is 3.22. The predicted octanol–water partition coefficient (Wildman–Crippen LogP) is 3.56. The van der Waals surface area contributed by atoms with E-state index in [1.54, 1.807) is 19.2 Å². The lowest BCUT2D eigenvalue weighted by atomic mass is 10.2. The van der Waals surface area contributed by atoms with E-state index in [0.29, 0.717) is 16.3 Å². The smallest absolute Gasteiger partial charge is 0.128 e. The minimum atomic E-state index is 0.372. The quantitative estimate of drug-likeness (QED) is 0.771. The number of ether oxygens (including phenoxy) is 1. The largest absolute Gasteiger partial charge is 0.496 e. The van der Waals surface area contributed by atoms with Crippen LogP contribution in [0.4, 0.5) is 0 Å². The monoisotopic (exact) mass is 271 g/mol. The Hall–Kier alpha value is -0.980. The van der Waals surface area contributed by atoms with E-state index in [4.69, 9.17) is 21.6 Å². The van der Waals surface area contributed by atoms with Gasteiger partial charge in [0.15, 0.2) is 0 Å². The van der Waals surface area contributed by atoms with Gasteiger partial charge in [0, 0.05) is 16.1 Å². The predicted molar refractivity (Wildman–Crippen MR) is 60.1 cm³/mol. The van der Waals surface area contributed by atoms with Crippen molar-refractivity contribution < 1.29 is 4.74 Å². The number of nitriles is 1. The van der Waals surface area contributed by atoms with Gasteiger partial charge in [0.2, 0.25) is 0 Å². The Kier molecular flexibility index (Phi) is 3.99. The number of halogens is 2. The molecular weight excluding hydrogens is 265 g/mol. The lowest BCUT2D eigenvalue weighted by Gasteiger charge is -2.06. The fraction of sp³-hybridized carbons (Fsp3) is 0.100. The van der Waals surface area contributed by atoms with E-state index in [-0.39, 0.29) is 0 Å². The number of benzene rings is 1. The van der Waals surface area contributed by atoms with Crippen molar-refractivity contribution in [3.63, 3.8) is 0 Å². The van der Waals surface area contributed by atoms with Crippen LogP contribution in [0.1, 0.15) is 5.56 Å². The third-order valence-electron chi connectivity index (χ3n) is 1.61. The highest BCUT2D eigenvalue weighted by Crippen LogP contribution is 2.31. The molecular formula is C10H7BrClNO. The van der Waals surface area contributed by atoms with Crippen molar-refractivity contribution in [3.05, 3.63) is 34.3 Å². The van der Waals surface area contributed by atoms with Crippen LogP contribution in [0.3, 0.4) is 0 Å². The maximum atomic E-state index is 8.46. The zero-order chi connectivity index (χ0) is 10.6.